The van der Waals surface area contributed by atoms with Crippen LogP contribution in [-0.2, 0) is 0 Å². The van der Waals surface area contributed by atoms with E-state index in [1.165, 1.54) is 6.20 Å². The predicted molar refractivity (Wildman–Crippen MR) is 76.1 cm³/mol. The van der Waals surface area contributed by atoms with Gasteiger partial charge in [-0.3, -0.25) is 0 Å². The lowest BCUT2D eigenvalue weighted by Gasteiger charge is -2.13. The molecule has 2 rings (SSSR count). The van der Waals surface area contributed by atoms with Gasteiger partial charge in [-0.05, 0) is 24.6 Å². The van der Waals surface area contributed by atoms with Crippen LogP contribution in [0, 0.1) is 6.92 Å². The van der Waals surface area contributed by atoms with Gasteiger partial charge in [-0.15, -0.1) is 4.37 Å². The zero-order valence-electron chi connectivity index (χ0n) is 10.3. The minimum Gasteiger partial charge on any atom is -0.473 e. The van der Waals surface area contributed by atoms with Crippen LogP contribution in [-0.4, -0.2) is 33.1 Å². The normalized spacial score (nSPS) is 12.2. The first-order chi connectivity index (χ1) is 9.15. The van der Waals surface area contributed by atoms with Crippen LogP contribution in [0.1, 0.15) is 5.56 Å². The van der Waals surface area contributed by atoms with Gasteiger partial charge in [0.15, 0.2) is 0 Å². The van der Waals surface area contributed by atoms with E-state index < -0.39 is 6.10 Å². The molecule has 0 aliphatic heterocycles. The standard InChI is InChI=1S/C12H14ClN3O2S/c1-8-2-3-9(4-11(8)13)14-5-10(17)7-18-12-6-15-19-16-12/h2-4,6,10,14,17H,5,7H2,1H3. The summed E-state index contributed by atoms with van der Waals surface area (Å²) in [6, 6.07) is 5.67. The van der Waals surface area contributed by atoms with Gasteiger partial charge in [0.05, 0.1) is 11.7 Å². The largest absolute Gasteiger partial charge is 0.473 e. The summed E-state index contributed by atoms with van der Waals surface area (Å²) in [5.74, 6) is 0.433. The lowest BCUT2D eigenvalue weighted by molar-refractivity contribution is 0.115. The third-order valence-corrected chi connectivity index (χ3v) is 3.35. The van der Waals surface area contributed by atoms with E-state index in [2.05, 4.69) is 14.1 Å². The van der Waals surface area contributed by atoms with E-state index in [0.29, 0.717) is 17.4 Å². The molecule has 0 saturated carbocycles. The highest BCUT2D eigenvalue weighted by atomic mass is 35.5. The Morgan fingerprint density at radius 2 is 2.37 bits per heavy atom. The summed E-state index contributed by atoms with van der Waals surface area (Å²) < 4.78 is 13.0. The molecule has 1 aromatic carbocycles. The van der Waals surface area contributed by atoms with Crippen molar-refractivity contribution in [2.75, 3.05) is 18.5 Å². The van der Waals surface area contributed by atoms with Gasteiger partial charge in [-0.1, -0.05) is 17.7 Å². The Morgan fingerprint density at radius 1 is 1.53 bits per heavy atom. The Kier molecular flexibility index (Phi) is 4.95. The van der Waals surface area contributed by atoms with Crippen LogP contribution >= 0.6 is 23.3 Å². The van der Waals surface area contributed by atoms with Gasteiger partial charge < -0.3 is 15.2 Å². The zero-order valence-corrected chi connectivity index (χ0v) is 11.9. The second-order valence-electron chi connectivity index (χ2n) is 4.06. The number of aliphatic hydroxyl groups excluding tert-OH is 1. The lowest BCUT2D eigenvalue weighted by atomic mass is 10.2. The summed E-state index contributed by atoms with van der Waals surface area (Å²) >= 11 is 7.08. The molecule has 0 aliphatic carbocycles. The first-order valence-electron chi connectivity index (χ1n) is 5.73. The van der Waals surface area contributed by atoms with Gasteiger partial charge in [-0.25, -0.2) is 0 Å². The molecule has 0 fully saturated rings. The second-order valence-corrected chi connectivity index (χ2v) is 5.02. The van der Waals surface area contributed by atoms with E-state index in [1.54, 1.807) is 0 Å². The molecule has 0 bridgehead atoms. The van der Waals surface area contributed by atoms with Crippen molar-refractivity contribution in [3.8, 4) is 5.88 Å². The highest BCUT2D eigenvalue weighted by Crippen LogP contribution is 2.19. The van der Waals surface area contributed by atoms with Crippen LogP contribution < -0.4 is 10.1 Å². The van der Waals surface area contributed by atoms with Crippen molar-refractivity contribution in [3.05, 3.63) is 35.0 Å². The zero-order chi connectivity index (χ0) is 13.7. The Bertz CT molecular complexity index is 522. The molecule has 0 saturated heterocycles. The molecule has 0 spiro atoms. The molecule has 7 heteroatoms. The van der Waals surface area contributed by atoms with E-state index in [4.69, 9.17) is 16.3 Å². The molecule has 0 aliphatic rings. The van der Waals surface area contributed by atoms with Crippen LogP contribution in [0.25, 0.3) is 0 Å². The average molecular weight is 300 g/mol. The van der Waals surface area contributed by atoms with E-state index in [-0.39, 0.29) is 6.61 Å². The number of rotatable bonds is 6. The van der Waals surface area contributed by atoms with E-state index in [9.17, 15) is 5.11 Å². The topological polar surface area (TPSA) is 67.3 Å². The Labute approximate surface area is 120 Å². The van der Waals surface area contributed by atoms with Crippen molar-refractivity contribution in [2.24, 2.45) is 0 Å². The van der Waals surface area contributed by atoms with Crippen LogP contribution in [0.5, 0.6) is 5.88 Å². The number of nitrogens with zero attached hydrogens (tertiary/aromatic N) is 2. The first-order valence-corrected chi connectivity index (χ1v) is 6.84. The highest BCUT2D eigenvalue weighted by molar-refractivity contribution is 6.99. The lowest BCUT2D eigenvalue weighted by Crippen LogP contribution is -2.26. The van der Waals surface area contributed by atoms with Crippen LogP contribution in [0.3, 0.4) is 0 Å². The number of aliphatic hydroxyl groups is 1. The van der Waals surface area contributed by atoms with Gasteiger partial charge in [0.2, 0.25) is 5.88 Å². The molecule has 1 atom stereocenters. The number of nitrogens with one attached hydrogen (secondary N) is 1. The number of benzene rings is 1. The first kappa shape index (κ1) is 14.0. The van der Waals surface area contributed by atoms with Crippen LogP contribution in [0.2, 0.25) is 5.02 Å². The minimum atomic E-state index is -0.637. The highest BCUT2D eigenvalue weighted by Gasteiger charge is 2.07. The van der Waals surface area contributed by atoms with Crippen molar-refractivity contribution >= 4 is 29.0 Å². The van der Waals surface area contributed by atoms with Crippen LogP contribution in [0.4, 0.5) is 5.69 Å². The van der Waals surface area contributed by atoms with Gasteiger partial charge in [0.25, 0.3) is 0 Å². The van der Waals surface area contributed by atoms with Crippen molar-refractivity contribution in [1.82, 2.24) is 8.75 Å². The Balaban J connectivity index is 1.76. The summed E-state index contributed by atoms with van der Waals surface area (Å²) in [4.78, 5) is 0. The molecule has 1 heterocycles. The maximum absolute atomic E-state index is 9.77. The van der Waals surface area contributed by atoms with Crippen molar-refractivity contribution in [3.63, 3.8) is 0 Å². The number of aromatic nitrogens is 2. The van der Waals surface area contributed by atoms with Gasteiger partial charge in [-0.2, -0.15) is 4.37 Å². The molecule has 0 amide bonds. The molecular weight excluding hydrogens is 286 g/mol. The monoisotopic (exact) mass is 299 g/mol. The minimum absolute atomic E-state index is 0.165. The number of ether oxygens (including phenoxy) is 1. The maximum atomic E-state index is 9.77. The third-order valence-electron chi connectivity index (χ3n) is 2.48. The third kappa shape index (κ3) is 4.34. The fourth-order valence-corrected chi connectivity index (χ4v) is 1.94. The SMILES string of the molecule is Cc1ccc(NCC(O)COc2cnsn2)cc1Cl. The molecule has 2 N–H and O–H groups in total. The summed E-state index contributed by atoms with van der Waals surface area (Å²) in [5, 5.41) is 13.6. The summed E-state index contributed by atoms with van der Waals surface area (Å²) in [6.45, 7) is 2.48. The van der Waals surface area contributed by atoms with Crippen molar-refractivity contribution in [2.45, 2.75) is 13.0 Å². The molecule has 102 valence electrons. The summed E-state index contributed by atoms with van der Waals surface area (Å²) in [7, 11) is 0. The van der Waals surface area contributed by atoms with Crippen LogP contribution in [0.15, 0.2) is 24.4 Å². The summed E-state index contributed by atoms with van der Waals surface area (Å²) in [6.07, 6.45) is 0.881. The van der Waals surface area contributed by atoms with E-state index in [0.717, 1.165) is 23.0 Å². The summed E-state index contributed by atoms with van der Waals surface area (Å²) in [5.41, 5.74) is 1.89. The smallest absolute Gasteiger partial charge is 0.245 e. The second kappa shape index (κ2) is 6.70. The Hall–Kier alpha value is -1.37. The van der Waals surface area contributed by atoms with E-state index in [1.807, 2.05) is 25.1 Å². The molecule has 0 radical (unpaired) electrons. The fourth-order valence-electron chi connectivity index (χ4n) is 1.40. The molecule has 2 aromatic rings. The maximum Gasteiger partial charge on any atom is 0.245 e. The molecular formula is C12H14ClN3O2S. The number of aryl methyl sites for hydroxylation is 1. The predicted octanol–water partition coefficient (Wildman–Crippen LogP) is 2.35. The quantitative estimate of drug-likeness (QED) is 0.857. The number of anilines is 1. The van der Waals surface area contributed by atoms with Gasteiger partial charge in [0.1, 0.15) is 18.9 Å². The molecule has 5 nitrogen and oxygen atoms in total. The fraction of sp³-hybridized carbons (Fsp3) is 0.333. The van der Waals surface area contributed by atoms with Gasteiger partial charge in [0, 0.05) is 17.3 Å². The number of hydrogen-bond donors (Lipinski definition) is 2. The number of hydrogen-bond acceptors (Lipinski definition) is 6. The molecule has 1 aromatic heterocycles. The number of halogens is 1. The van der Waals surface area contributed by atoms with Crippen molar-refractivity contribution < 1.29 is 9.84 Å². The van der Waals surface area contributed by atoms with E-state index >= 15 is 0 Å². The van der Waals surface area contributed by atoms with Crippen molar-refractivity contribution in [1.29, 1.82) is 0 Å². The Morgan fingerprint density at radius 3 is 3.05 bits per heavy atom. The average Bonchev–Trinajstić information content (AvgIpc) is 2.91. The molecule has 19 heavy (non-hydrogen) atoms. The molecule has 1 unspecified atom stereocenters. The van der Waals surface area contributed by atoms with Gasteiger partial charge >= 0.3 is 0 Å².